The second-order valence-electron chi connectivity index (χ2n) is 11.0. The number of sulfonamides is 1. The Morgan fingerprint density at radius 1 is 0.977 bits per heavy atom. The minimum absolute atomic E-state index is 0.0317. The molecule has 0 bridgehead atoms. The molecule has 43 heavy (non-hydrogen) atoms. The lowest BCUT2D eigenvalue weighted by Gasteiger charge is -2.33. The molecule has 10 heteroatoms. The molecule has 0 aromatic heterocycles. The average Bonchev–Trinajstić information content (AvgIpc) is 2.95. The van der Waals surface area contributed by atoms with Crippen LogP contribution in [0.3, 0.4) is 0 Å². The van der Waals surface area contributed by atoms with Gasteiger partial charge in [0, 0.05) is 42.0 Å². The summed E-state index contributed by atoms with van der Waals surface area (Å²) in [5, 5.41) is 3.91. The number of benzene rings is 3. The van der Waals surface area contributed by atoms with Gasteiger partial charge in [0.15, 0.2) is 0 Å². The lowest BCUT2D eigenvalue weighted by molar-refractivity contribution is -0.141. The van der Waals surface area contributed by atoms with E-state index in [1.807, 2.05) is 76.2 Å². The van der Waals surface area contributed by atoms with Crippen LogP contribution in [-0.2, 0) is 32.6 Å². The molecule has 3 aromatic carbocycles. The van der Waals surface area contributed by atoms with Gasteiger partial charge in [-0.1, -0.05) is 78.7 Å². The SMILES string of the molecule is CC[C@@H](C)NC(=O)[C@H](Cc1ccccc1)N(Cc1ccc(Cl)cc1Cl)C(=O)CCCN(c1cc(C)ccc1C)S(C)(=O)=O. The Hall–Kier alpha value is -3.07. The van der Waals surface area contributed by atoms with E-state index in [2.05, 4.69) is 5.32 Å². The fraction of sp³-hybridized carbons (Fsp3) is 0.394. The van der Waals surface area contributed by atoms with Gasteiger partial charge in [-0.15, -0.1) is 0 Å². The number of carbonyl (C=O) groups is 2. The second-order valence-corrected chi connectivity index (χ2v) is 13.8. The van der Waals surface area contributed by atoms with Crippen molar-refractivity contribution in [3.8, 4) is 0 Å². The Morgan fingerprint density at radius 2 is 1.67 bits per heavy atom. The molecular formula is C33H41Cl2N3O4S. The summed E-state index contributed by atoms with van der Waals surface area (Å²) in [7, 11) is -3.61. The molecule has 1 N–H and O–H groups in total. The van der Waals surface area contributed by atoms with Crippen molar-refractivity contribution in [2.45, 2.75) is 72.0 Å². The predicted molar refractivity (Wildman–Crippen MR) is 176 cm³/mol. The van der Waals surface area contributed by atoms with Crippen molar-refractivity contribution in [2.24, 2.45) is 0 Å². The van der Waals surface area contributed by atoms with E-state index in [-0.39, 0.29) is 43.8 Å². The lowest BCUT2D eigenvalue weighted by atomic mass is 10.0. The number of rotatable bonds is 14. The highest BCUT2D eigenvalue weighted by Gasteiger charge is 2.31. The fourth-order valence-electron chi connectivity index (χ4n) is 4.80. The molecule has 0 aliphatic carbocycles. The zero-order valence-corrected chi connectivity index (χ0v) is 27.8. The molecule has 0 saturated carbocycles. The molecule has 7 nitrogen and oxygen atoms in total. The third-order valence-electron chi connectivity index (χ3n) is 7.41. The van der Waals surface area contributed by atoms with Crippen LogP contribution in [0.15, 0.2) is 66.7 Å². The van der Waals surface area contributed by atoms with Crippen molar-refractivity contribution >= 4 is 50.7 Å². The molecule has 3 rings (SSSR count). The minimum Gasteiger partial charge on any atom is -0.352 e. The van der Waals surface area contributed by atoms with Crippen molar-refractivity contribution in [3.05, 3.63) is 99.0 Å². The van der Waals surface area contributed by atoms with Gasteiger partial charge in [-0.25, -0.2) is 8.42 Å². The highest BCUT2D eigenvalue weighted by Crippen LogP contribution is 2.27. The number of halogens is 2. The Balaban J connectivity index is 1.94. The molecule has 232 valence electrons. The Bertz CT molecular complexity index is 1520. The van der Waals surface area contributed by atoms with Gasteiger partial charge in [0.05, 0.1) is 11.9 Å². The molecule has 0 fully saturated rings. The monoisotopic (exact) mass is 645 g/mol. The van der Waals surface area contributed by atoms with Crippen LogP contribution in [0, 0.1) is 13.8 Å². The maximum absolute atomic E-state index is 14.0. The highest BCUT2D eigenvalue weighted by atomic mass is 35.5. The normalized spacial score (nSPS) is 12.8. The van der Waals surface area contributed by atoms with Crippen molar-refractivity contribution in [3.63, 3.8) is 0 Å². The maximum atomic E-state index is 14.0. The van der Waals surface area contributed by atoms with Crippen LogP contribution in [0.25, 0.3) is 0 Å². The van der Waals surface area contributed by atoms with E-state index >= 15 is 0 Å². The summed E-state index contributed by atoms with van der Waals surface area (Å²) in [5.41, 5.74) is 3.92. The van der Waals surface area contributed by atoms with Crippen molar-refractivity contribution in [1.29, 1.82) is 0 Å². The van der Waals surface area contributed by atoms with Gasteiger partial charge in [-0.2, -0.15) is 0 Å². The van der Waals surface area contributed by atoms with E-state index < -0.39 is 16.1 Å². The summed E-state index contributed by atoms with van der Waals surface area (Å²) in [4.78, 5) is 29.3. The summed E-state index contributed by atoms with van der Waals surface area (Å²) in [6.45, 7) is 7.88. The molecular weight excluding hydrogens is 605 g/mol. The number of anilines is 1. The number of nitrogens with one attached hydrogen (secondary N) is 1. The Morgan fingerprint density at radius 3 is 2.30 bits per heavy atom. The fourth-order valence-corrected chi connectivity index (χ4v) is 6.28. The molecule has 0 aliphatic rings. The average molecular weight is 647 g/mol. The zero-order valence-electron chi connectivity index (χ0n) is 25.4. The molecule has 0 saturated heterocycles. The van der Waals surface area contributed by atoms with Crippen LogP contribution in [0.1, 0.15) is 55.4 Å². The molecule has 2 amide bonds. The quantitative estimate of drug-likeness (QED) is 0.211. The molecule has 0 heterocycles. The van der Waals surface area contributed by atoms with E-state index in [0.717, 1.165) is 23.1 Å². The standard InChI is InChI=1S/C33H41Cl2N3O4S/c1-6-25(4)36-33(40)31(20-26-11-8-7-9-12-26)37(22-27-16-17-28(34)21-29(27)35)32(39)13-10-18-38(43(5,41)42)30-19-23(2)14-15-24(30)3/h7-9,11-12,14-17,19,21,25,31H,6,10,13,18,20,22H2,1-5H3,(H,36,40)/t25-,31+/m1/s1. The first kappa shape index (κ1) is 34.4. The first-order valence-electron chi connectivity index (χ1n) is 14.4. The van der Waals surface area contributed by atoms with Crippen molar-refractivity contribution in [2.75, 3.05) is 17.1 Å². The minimum atomic E-state index is -3.61. The van der Waals surface area contributed by atoms with Gasteiger partial charge < -0.3 is 10.2 Å². The lowest BCUT2D eigenvalue weighted by Crippen LogP contribution is -2.52. The first-order chi connectivity index (χ1) is 20.3. The second kappa shape index (κ2) is 15.6. The maximum Gasteiger partial charge on any atom is 0.243 e. The third-order valence-corrected chi connectivity index (χ3v) is 9.18. The smallest absolute Gasteiger partial charge is 0.243 e. The molecule has 0 radical (unpaired) electrons. The summed E-state index contributed by atoms with van der Waals surface area (Å²) in [6, 6.07) is 19.4. The predicted octanol–water partition coefficient (Wildman–Crippen LogP) is 6.71. The van der Waals surface area contributed by atoms with E-state index in [4.69, 9.17) is 23.2 Å². The van der Waals surface area contributed by atoms with Gasteiger partial charge in [0.25, 0.3) is 0 Å². The number of hydrogen-bond acceptors (Lipinski definition) is 4. The van der Waals surface area contributed by atoms with Crippen LogP contribution >= 0.6 is 23.2 Å². The number of carbonyl (C=O) groups excluding carboxylic acids is 2. The summed E-state index contributed by atoms with van der Waals surface area (Å²) < 4.78 is 26.9. The third kappa shape index (κ3) is 9.98. The number of aryl methyl sites for hydroxylation is 2. The summed E-state index contributed by atoms with van der Waals surface area (Å²) in [6.07, 6.45) is 2.50. The van der Waals surface area contributed by atoms with Crippen LogP contribution in [0.5, 0.6) is 0 Å². The largest absolute Gasteiger partial charge is 0.352 e. The number of nitrogens with zero attached hydrogens (tertiary/aromatic N) is 2. The molecule has 0 spiro atoms. The summed E-state index contributed by atoms with van der Waals surface area (Å²) >= 11 is 12.7. The van der Waals surface area contributed by atoms with Gasteiger partial charge in [0.2, 0.25) is 21.8 Å². The molecule has 3 aromatic rings. The number of hydrogen-bond donors (Lipinski definition) is 1. The van der Waals surface area contributed by atoms with Crippen LogP contribution < -0.4 is 9.62 Å². The van der Waals surface area contributed by atoms with Gasteiger partial charge in [0.1, 0.15) is 6.04 Å². The van der Waals surface area contributed by atoms with E-state index in [1.54, 1.807) is 23.1 Å². The molecule has 0 unspecified atom stereocenters. The van der Waals surface area contributed by atoms with Gasteiger partial charge in [-0.3, -0.25) is 13.9 Å². The Labute approximate surface area is 266 Å². The van der Waals surface area contributed by atoms with Crippen LogP contribution in [0.2, 0.25) is 10.0 Å². The van der Waals surface area contributed by atoms with E-state index in [9.17, 15) is 18.0 Å². The van der Waals surface area contributed by atoms with Gasteiger partial charge in [-0.05, 0) is 74.1 Å². The van der Waals surface area contributed by atoms with Crippen molar-refractivity contribution in [1.82, 2.24) is 10.2 Å². The van der Waals surface area contributed by atoms with Crippen molar-refractivity contribution < 1.29 is 18.0 Å². The van der Waals surface area contributed by atoms with Crippen LogP contribution in [0.4, 0.5) is 5.69 Å². The van der Waals surface area contributed by atoms with Crippen LogP contribution in [-0.4, -0.2) is 50.0 Å². The van der Waals surface area contributed by atoms with E-state index in [0.29, 0.717) is 27.7 Å². The Kier molecular flexibility index (Phi) is 12.5. The van der Waals surface area contributed by atoms with Gasteiger partial charge >= 0.3 is 0 Å². The number of amides is 2. The first-order valence-corrected chi connectivity index (χ1v) is 17.0. The molecule has 0 aliphatic heterocycles. The molecule has 2 atom stereocenters. The highest BCUT2D eigenvalue weighted by molar-refractivity contribution is 7.92. The van der Waals surface area contributed by atoms with E-state index in [1.165, 1.54) is 10.6 Å². The summed E-state index contributed by atoms with van der Waals surface area (Å²) in [5.74, 6) is -0.537. The zero-order chi connectivity index (χ0) is 31.7. The topological polar surface area (TPSA) is 86.8 Å².